The number of Topliss-reactive ketones (excluding diaryl/α,β-unsaturated/α-hetero) is 2. The molecule has 0 bridgehead atoms. The molecule has 2 fully saturated rings. The van der Waals surface area contributed by atoms with E-state index in [4.69, 9.17) is 71.2 Å². The number of imide groups is 2. The maximum Gasteiger partial charge on any atom is 0.333 e. The highest BCUT2D eigenvalue weighted by Crippen LogP contribution is 2.16. The Hall–Kier alpha value is -6.12. The number of ether oxygens (including phenoxy) is 14. The van der Waals surface area contributed by atoms with E-state index in [0.717, 1.165) is 0 Å². The third kappa shape index (κ3) is 49.1. The first kappa shape index (κ1) is 86.9. The number of hydrogen-bond acceptors (Lipinski definition) is 28. The molecule has 2 heterocycles. The molecule has 8 amide bonds. The lowest BCUT2D eigenvalue weighted by Crippen LogP contribution is -2.59. The number of nitrogens with one attached hydrogen (secondary N) is 4. The quantitative estimate of drug-likeness (QED) is 0.0434. The minimum absolute atomic E-state index is 0.00583. The van der Waals surface area contributed by atoms with Gasteiger partial charge in [-0.15, -0.1) is 10.1 Å². The summed E-state index contributed by atoms with van der Waals surface area (Å²) in [6.45, 7) is 6.86. The monoisotopic (exact) mass is 1370 g/mol. The summed E-state index contributed by atoms with van der Waals surface area (Å²) in [5, 5.41) is 11.9. The van der Waals surface area contributed by atoms with Gasteiger partial charge in [0.25, 0.3) is 23.6 Å². The molecule has 0 atom stereocenters. The first-order valence-corrected chi connectivity index (χ1v) is 32.0. The summed E-state index contributed by atoms with van der Waals surface area (Å²) >= 11 is 0. The van der Waals surface area contributed by atoms with Gasteiger partial charge in [0.15, 0.2) is 0 Å². The zero-order valence-corrected chi connectivity index (χ0v) is 55.9. The van der Waals surface area contributed by atoms with Crippen molar-refractivity contribution in [3.05, 3.63) is 0 Å². The average molecular weight is 1370 g/mol. The van der Waals surface area contributed by atoms with Crippen LogP contribution in [0.2, 0.25) is 0 Å². The molecule has 2 aliphatic heterocycles. The number of rotatable bonds is 63. The summed E-state index contributed by atoms with van der Waals surface area (Å²) in [4.78, 5) is 153. The third-order valence-corrected chi connectivity index (χ3v) is 12.9. The van der Waals surface area contributed by atoms with Crippen molar-refractivity contribution in [2.24, 2.45) is 0 Å². The highest BCUT2D eigenvalue weighted by atomic mass is 16.7. The highest BCUT2D eigenvalue weighted by Gasteiger charge is 2.36. The van der Waals surface area contributed by atoms with Crippen LogP contribution in [0.4, 0.5) is 0 Å². The predicted molar refractivity (Wildman–Crippen MR) is 330 cm³/mol. The number of nitrogens with zero attached hydrogens (tertiary/aromatic N) is 2. The Kier molecular flexibility index (Phi) is 54.1. The summed E-state index contributed by atoms with van der Waals surface area (Å²) in [6.07, 6.45) is 1.94. The molecule has 95 heavy (non-hydrogen) atoms. The van der Waals surface area contributed by atoms with Gasteiger partial charge in [-0.25, -0.2) is 9.59 Å². The van der Waals surface area contributed by atoms with Crippen molar-refractivity contribution in [2.45, 2.75) is 115 Å². The van der Waals surface area contributed by atoms with Gasteiger partial charge in [-0.2, -0.15) is 0 Å². The largest absolute Gasteiger partial charge is 0.383 e. The van der Waals surface area contributed by atoms with Gasteiger partial charge in [-0.05, 0) is 19.3 Å². The lowest BCUT2D eigenvalue weighted by atomic mass is 10.0. The van der Waals surface area contributed by atoms with Crippen LogP contribution in [-0.4, -0.2) is 293 Å². The van der Waals surface area contributed by atoms with E-state index >= 15 is 0 Å². The van der Waals surface area contributed by atoms with Crippen LogP contribution in [0.1, 0.15) is 109 Å². The Balaban J connectivity index is 0.00000202. The molecule has 34 nitrogen and oxygen atoms in total. The van der Waals surface area contributed by atoms with Gasteiger partial charge >= 0.3 is 11.9 Å². The maximum atomic E-state index is 13.5. The maximum absolute atomic E-state index is 13.5. The van der Waals surface area contributed by atoms with Crippen LogP contribution in [0.25, 0.3) is 0 Å². The van der Waals surface area contributed by atoms with E-state index in [2.05, 4.69) is 26.1 Å². The minimum atomic E-state index is -1.27. The summed E-state index contributed by atoms with van der Waals surface area (Å²) < 4.78 is 76.1. The first-order valence-electron chi connectivity index (χ1n) is 32.0. The lowest BCUT2D eigenvalue weighted by Gasteiger charge is -2.34. The lowest BCUT2D eigenvalue weighted by molar-refractivity contribution is -0.197. The highest BCUT2D eigenvalue weighted by molar-refractivity contribution is 6.02. The van der Waals surface area contributed by atoms with Gasteiger partial charge in [-0.3, -0.25) is 47.9 Å². The molecule has 34 heteroatoms. The van der Waals surface area contributed by atoms with Crippen LogP contribution in [0.5, 0.6) is 0 Å². The van der Waals surface area contributed by atoms with E-state index in [1.165, 1.54) is 7.11 Å². The number of methoxy groups -OCH3 is 4. The molecular formula is C61H104N6O28. The summed E-state index contributed by atoms with van der Waals surface area (Å²) in [7, 11) is 6.25. The molecule has 0 aromatic carbocycles. The number of hydroxylamine groups is 4. The third-order valence-electron chi connectivity index (χ3n) is 12.9. The summed E-state index contributed by atoms with van der Waals surface area (Å²) in [6, 6.07) is 0. The molecule has 2 rings (SSSR count). The Morgan fingerprint density at radius 3 is 1.07 bits per heavy atom. The number of amides is 8. The van der Waals surface area contributed by atoms with Gasteiger partial charge in [0.2, 0.25) is 23.6 Å². The molecule has 2 aliphatic rings. The molecule has 546 valence electrons. The number of ketones is 2. The number of hydrogen-bond donors (Lipinski definition) is 4. The van der Waals surface area contributed by atoms with Crippen LogP contribution in [0, 0.1) is 0 Å². The van der Waals surface area contributed by atoms with Crippen molar-refractivity contribution in [3.63, 3.8) is 0 Å². The SMILES string of the molecule is COCCNC(=O)CCC(=O)ON1C(=O)CCC1=O.COCCOCCCC(=O)CCOCC(COCCC(=O)CCCOCCOC)(COCCC(=O)NCCOCCOC)NC(=O)CCOCCOCCOCCOCCNC(=O)CCCC(=O)ON1C(=O)CCC1=O. The minimum Gasteiger partial charge on any atom is -0.383 e. The van der Waals surface area contributed by atoms with Gasteiger partial charge in [0, 0.05) is 145 Å². The molecule has 4 N–H and O–H groups in total. The second-order valence-corrected chi connectivity index (χ2v) is 21.0. The fraction of sp³-hybridized carbons (Fsp3) is 0.803. The number of carbonyl (C=O) groups is 12. The van der Waals surface area contributed by atoms with Crippen LogP contribution >= 0.6 is 0 Å². The Bertz CT molecular complexity index is 2080. The van der Waals surface area contributed by atoms with Crippen molar-refractivity contribution >= 4 is 70.8 Å². The van der Waals surface area contributed by atoms with E-state index < -0.39 is 47.0 Å². The van der Waals surface area contributed by atoms with Crippen molar-refractivity contribution in [1.82, 2.24) is 31.4 Å². The van der Waals surface area contributed by atoms with Crippen LogP contribution in [0.15, 0.2) is 0 Å². The Morgan fingerprint density at radius 1 is 0.316 bits per heavy atom. The smallest absolute Gasteiger partial charge is 0.333 e. The van der Waals surface area contributed by atoms with Gasteiger partial charge < -0.3 is 97.3 Å². The van der Waals surface area contributed by atoms with E-state index in [9.17, 15) is 57.5 Å². The van der Waals surface area contributed by atoms with Crippen molar-refractivity contribution in [1.29, 1.82) is 0 Å². The van der Waals surface area contributed by atoms with E-state index in [1.807, 2.05) is 0 Å². The zero-order chi connectivity index (χ0) is 69.8. The summed E-state index contributed by atoms with van der Waals surface area (Å²) in [5.41, 5.74) is -1.27. The van der Waals surface area contributed by atoms with E-state index in [1.54, 1.807) is 21.3 Å². The van der Waals surface area contributed by atoms with Crippen LogP contribution < -0.4 is 21.3 Å². The zero-order valence-electron chi connectivity index (χ0n) is 55.9. The first-order chi connectivity index (χ1) is 46.0. The molecule has 0 aromatic heterocycles. The molecule has 0 aromatic rings. The van der Waals surface area contributed by atoms with Crippen molar-refractivity contribution < 1.29 is 134 Å². The standard InChI is InChI=1S/C50H88N4O22.C11H16N2O6/c1-63-27-30-66-19-5-7-42(55)13-21-73-39-50(40-74-22-14-43(56)8-6-20-67-31-28-64-2,41-75-24-15-45(58)52-18-25-69-32-29-65-3)53-46(59)16-23-68-33-35-71-37-38-72-36-34-70-26-17-51-44(57)9-4-10-49(62)76-54-47(60)11-12-48(54)61;1-18-7-6-12-8(14)2-5-11(17)19-13-9(15)3-4-10(13)16/h4-41H2,1-3H3,(H,51,57)(H,52,58)(H,53,59);2-7H2,1H3,(H,12,14). The fourth-order valence-electron chi connectivity index (χ4n) is 7.89. The van der Waals surface area contributed by atoms with Crippen molar-refractivity contribution in [3.8, 4) is 0 Å². The molecule has 0 unspecified atom stereocenters. The van der Waals surface area contributed by atoms with Gasteiger partial charge in [0.05, 0.1) is 152 Å². The average Bonchev–Trinajstić information content (AvgIpc) is 2.17. The second kappa shape index (κ2) is 59.2. The second-order valence-electron chi connectivity index (χ2n) is 21.0. The molecule has 0 radical (unpaired) electrons. The van der Waals surface area contributed by atoms with Gasteiger partial charge in [0.1, 0.15) is 17.1 Å². The predicted octanol–water partition coefficient (Wildman–Crippen LogP) is -0.648. The van der Waals surface area contributed by atoms with Crippen LogP contribution in [-0.2, 0) is 134 Å². The number of carbonyl (C=O) groups excluding carboxylic acids is 12. The van der Waals surface area contributed by atoms with Gasteiger partial charge in [-0.1, -0.05) is 0 Å². The molecule has 2 saturated heterocycles. The Labute approximate surface area is 555 Å². The fourth-order valence-corrected chi connectivity index (χ4v) is 7.89. The summed E-state index contributed by atoms with van der Waals surface area (Å²) in [5.74, 6) is -5.04. The molecule has 0 spiro atoms. The van der Waals surface area contributed by atoms with E-state index in [-0.39, 0.29) is 199 Å². The van der Waals surface area contributed by atoms with E-state index in [0.29, 0.717) is 128 Å². The van der Waals surface area contributed by atoms with Crippen LogP contribution in [0.3, 0.4) is 0 Å². The topological polar surface area (TPSA) is 407 Å². The Morgan fingerprint density at radius 2 is 0.642 bits per heavy atom. The molecule has 0 saturated carbocycles. The normalized spacial score (nSPS) is 13.0. The van der Waals surface area contributed by atoms with Crippen molar-refractivity contribution in [2.75, 3.05) is 207 Å². The molecule has 0 aliphatic carbocycles. The molecular weight excluding hydrogens is 1260 g/mol.